The van der Waals surface area contributed by atoms with Gasteiger partial charge >= 0.3 is 0 Å². The summed E-state index contributed by atoms with van der Waals surface area (Å²) in [6, 6.07) is 11.7. The Hall–Kier alpha value is -1.69. The van der Waals surface area contributed by atoms with E-state index in [2.05, 4.69) is 11.8 Å². The number of hydrogen-bond acceptors (Lipinski definition) is 1. The molecule has 1 nitrogen and oxygen atoms in total. The Bertz CT molecular complexity index is 659. The minimum Gasteiger partial charge on any atom is -0.486 e. The van der Waals surface area contributed by atoms with Crippen LogP contribution in [0, 0.1) is 17.7 Å². The average Bonchev–Trinajstić information content (AvgIpc) is 2.45. The normalized spacial score (nSPS) is 9.75. The van der Waals surface area contributed by atoms with Crippen LogP contribution in [-0.4, -0.2) is 5.88 Å². The van der Waals surface area contributed by atoms with Crippen molar-refractivity contribution in [2.24, 2.45) is 0 Å². The molecule has 0 atom stereocenters. The second-order valence-corrected chi connectivity index (χ2v) is 4.70. The molecule has 0 saturated carbocycles. The Labute approximate surface area is 127 Å². The maximum atomic E-state index is 13.6. The molecule has 4 heteroatoms. The van der Waals surface area contributed by atoms with E-state index < -0.39 is 5.82 Å². The zero-order valence-electron chi connectivity index (χ0n) is 10.5. The van der Waals surface area contributed by atoms with Gasteiger partial charge in [0, 0.05) is 10.6 Å². The Morgan fingerprint density at radius 2 is 2.00 bits per heavy atom. The molecule has 2 rings (SSSR count). The summed E-state index contributed by atoms with van der Waals surface area (Å²) < 4.78 is 19.1. The predicted molar refractivity (Wildman–Crippen MR) is 79.8 cm³/mol. The van der Waals surface area contributed by atoms with Gasteiger partial charge in [-0.25, -0.2) is 4.39 Å². The smallest absolute Gasteiger partial charge is 0.165 e. The highest BCUT2D eigenvalue weighted by molar-refractivity contribution is 6.30. The molecule has 0 amide bonds. The van der Waals surface area contributed by atoms with Crippen LogP contribution in [0.1, 0.15) is 11.1 Å². The molecule has 0 spiro atoms. The molecule has 2 aromatic carbocycles. The van der Waals surface area contributed by atoms with Crippen LogP contribution in [0.3, 0.4) is 0 Å². The second-order valence-electron chi connectivity index (χ2n) is 4.00. The second kappa shape index (κ2) is 7.19. The average molecular weight is 309 g/mol. The van der Waals surface area contributed by atoms with Gasteiger partial charge in [0.05, 0.1) is 5.88 Å². The molecule has 0 fully saturated rings. The van der Waals surface area contributed by atoms with E-state index in [9.17, 15) is 4.39 Å². The lowest BCUT2D eigenvalue weighted by atomic mass is 10.2. The molecule has 102 valence electrons. The molecule has 0 N–H and O–H groups in total. The number of hydrogen-bond donors (Lipinski definition) is 0. The number of benzene rings is 2. The summed E-state index contributed by atoms with van der Waals surface area (Å²) in [4.78, 5) is 0. The predicted octanol–water partition coefficient (Wildman–Crippen LogP) is 4.65. The van der Waals surface area contributed by atoms with Crippen LogP contribution in [0.4, 0.5) is 4.39 Å². The lowest BCUT2D eigenvalue weighted by Crippen LogP contribution is -1.97. The van der Waals surface area contributed by atoms with Crippen molar-refractivity contribution in [2.75, 3.05) is 5.88 Å². The Kier molecular flexibility index (Phi) is 5.29. The third-order valence-corrected chi connectivity index (χ3v) is 2.88. The van der Waals surface area contributed by atoms with Crippen LogP contribution >= 0.6 is 23.2 Å². The molecule has 0 unspecified atom stereocenters. The van der Waals surface area contributed by atoms with Crippen molar-refractivity contribution in [3.8, 4) is 17.6 Å². The number of ether oxygens (including phenoxy) is 1. The monoisotopic (exact) mass is 308 g/mol. The molecule has 0 heterocycles. The third kappa shape index (κ3) is 4.16. The first-order valence-corrected chi connectivity index (χ1v) is 6.82. The molecule has 0 aliphatic rings. The van der Waals surface area contributed by atoms with Gasteiger partial charge in [0.1, 0.15) is 6.61 Å². The summed E-state index contributed by atoms with van der Waals surface area (Å²) in [6.07, 6.45) is 0. The van der Waals surface area contributed by atoms with E-state index >= 15 is 0 Å². The van der Waals surface area contributed by atoms with E-state index in [0.29, 0.717) is 10.6 Å². The maximum absolute atomic E-state index is 13.6. The molecule has 0 bridgehead atoms. The lowest BCUT2D eigenvalue weighted by Gasteiger charge is -2.08. The highest BCUT2D eigenvalue weighted by Crippen LogP contribution is 2.20. The summed E-state index contributed by atoms with van der Waals surface area (Å²) in [5.74, 6) is 5.50. The van der Waals surface area contributed by atoms with Crippen molar-refractivity contribution in [1.82, 2.24) is 0 Å². The zero-order valence-corrected chi connectivity index (χ0v) is 12.0. The molecule has 0 aliphatic carbocycles. The summed E-state index contributed by atoms with van der Waals surface area (Å²) in [5.41, 5.74) is 1.53. The molecule has 0 radical (unpaired) electrons. The van der Waals surface area contributed by atoms with E-state index in [1.54, 1.807) is 24.3 Å². The molecule has 0 saturated heterocycles. The van der Waals surface area contributed by atoms with Crippen LogP contribution in [0.5, 0.6) is 5.75 Å². The Balaban J connectivity index is 2.12. The summed E-state index contributed by atoms with van der Waals surface area (Å²) >= 11 is 11.4. The number of halogens is 3. The van der Waals surface area contributed by atoms with Gasteiger partial charge in [-0.3, -0.25) is 0 Å². The summed E-state index contributed by atoms with van der Waals surface area (Å²) in [6.45, 7) is 0.240. The van der Waals surface area contributed by atoms with Crippen molar-refractivity contribution in [3.05, 3.63) is 64.4 Å². The van der Waals surface area contributed by atoms with Gasteiger partial charge in [-0.1, -0.05) is 35.6 Å². The lowest BCUT2D eigenvalue weighted by molar-refractivity contribution is 0.290. The largest absolute Gasteiger partial charge is 0.486 e. The molecular formula is C16H11Cl2FO. The van der Waals surface area contributed by atoms with E-state index in [1.807, 2.05) is 12.1 Å². The van der Waals surface area contributed by atoms with Gasteiger partial charge in [-0.2, -0.15) is 0 Å². The van der Waals surface area contributed by atoms with Crippen molar-refractivity contribution in [3.63, 3.8) is 0 Å². The van der Waals surface area contributed by atoms with E-state index in [4.69, 9.17) is 27.9 Å². The SMILES string of the molecule is Fc1ccc(C#CCCl)cc1OCc1cccc(Cl)c1. The van der Waals surface area contributed by atoms with Crippen molar-refractivity contribution in [1.29, 1.82) is 0 Å². The molecule has 0 aliphatic heterocycles. The van der Waals surface area contributed by atoms with Crippen LogP contribution in [0.2, 0.25) is 5.02 Å². The minimum atomic E-state index is -0.427. The van der Waals surface area contributed by atoms with Crippen LogP contribution in [-0.2, 0) is 6.61 Å². The van der Waals surface area contributed by atoms with Gasteiger partial charge in [0.15, 0.2) is 11.6 Å². The quantitative estimate of drug-likeness (QED) is 0.592. The standard InChI is InChI=1S/C16H11Cl2FO/c17-8-2-4-12-6-7-15(19)16(10-12)20-11-13-3-1-5-14(18)9-13/h1,3,5-7,9-10H,8,11H2. The Morgan fingerprint density at radius 1 is 1.15 bits per heavy atom. The zero-order chi connectivity index (χ0) is 14.4. The topological polar surface area (TPSA) is 9.23 Å². The molecule has 2 aromatic rings. The minimum absolute atomic E-state index is 0.159. The van der Waals surface area contributed by atoms with Crippen molar-refractivity contribution < 1.29 is 9.13 Å². The number of rotatable bonds is 3. The van der Waals surface area contributed by atoms with Crippen molar-refractivity contribution in [2.45, 2.75) is 6.61 Å². The fourth-order valence-electron chi connectivity index (χ4n) is 1.62. The van der Waals surface area contributed by atoms with Crippen molar-refractivity contribution >= 4 is 23.2 Å². The first kappa shape index (κ1) is 14.7. The fraction of sp³-hybridized carbons (Fsp3) is 0.125. The first-order chi connectivity index (χ1) is 9.69. The van der Waals surface area contributed by atoms with Gasteiger partial charge in [-0.15, -0.1) is 11.6 Å². The fourth-order valence-corrected chi connectivity index (χ4v) is 1.89. The van der Waals surface area contributed by atoms with E-state index in [0.717, 1.165) is 5.56 Å². The highest BCUT2D eigenvalue weighted by Gasteiger charge is 2.05. The molecule has 20 heavy (non-hydrogen) atoms. The van der Waals surface area contributed by atoms with E-state index in [-0.39, 0.29) is 18.2 Å². The maximum Gasteiger partial charge on any atom is 0.165 e. The van der Waals surface area contributed by atoms with E-state index in [1.165, 1.54) is 6.07 Å². The van der Waals surface area contributed by atoms with Crippen LogP contribution < -0.4 is 4.74 Å². The summed E-state index contributed by atoms with van der Waals surface area (Å²) in [5, 5.41) is 0.619. The first-order valence-electron chi connectivity index (χ1n) is 5.90. The van der Waals surface area contributed by atoms with Gasteiger partial charge in [0.25, 0.3) is 0 Å². The number of alkyl halides is 1. The van der Waals surface area contributed by atoms with Gasteiger partial charge < -0.3 is 4.74 Å². The van der Waals surface area contributed by atoms with Gasteiger partial charge in [0.2, 0.25) is 0 Å². The molecular weight excluding hydrogens is 298 g/mol. The van der Waals surface area contributed by atoms with Gasteiger partial charge in [-0.05, 0) is 35.9 Å². The molecule has 0 aromatic heterocycles. The Morgan fingerprint density at radius 3 is 2.75 bits per heavy atom. The van der Waals surface area contributed by atoms with Crippen LogP contribution in [0.25, 0.3) is 0 Å². The third-order valence-electron chi connectivity index (χ3n) is 2.51. The highest BCUT2D eigenvalue weighted by atomic mass is 35.5. The van der Waals surface area contributed by atoms with Crippen LogP contribution in [0.15, 0.2) is 42.5 Å². The summed E-state index contributed by atoms with van der Waals surface area (Å²) in [7, 11) is 0.